The number of hydrogen-bond acceptors (Lipinski definition) is 3. The molecule has 4 heteroatoms. The van der Waals surface area contributed by atoms with Crippen molar-refractivity contribution >= 4 is 9.84 Å². The minimum atomic E-state index is -2.73. The smallest absolute Gasteiger partial charge is 0.151 e. The maximum absolute atomic E-state index is 11.2. The van der Waals surface area contributed by atoms with Gasteiger partial charge in [-0.15, -0.1) is 0 Å². The van der Waals surface area contributed by atoms with E-state index in [9.17, 15) is 8.42 Å². The Bertz CT molecular complexity index is 261. The second-order valence-electron chi connectivity index (χ2n) is 4.16. The molecule has 1 aliphatic heterocycles. The summed E-state index contributed by atoms with van der Waals surface area (Å²) in [5.74, 6) is 0.709. The summed E-state index contributed by atoms with van der Waals surface area (Å²) < 4.78 is 22.5. The zero-order valence-corrected chi connectivity index (χ0v) is 9.94. The van der Waals surface area contributed by atoms with Crippen LogP contribution in [0.4, 0.5) is 0 Å². The molecular formula is C10H21NO2S. The van der Waals surface area contributed by atoms with Crippen LogP contribution in [-0.2, 0) is 9.84 Å². The van der Waals surface area contributed by atoms with Crippen molar-refractivity contribution in [3.63, 3.8) is 0 Å². The molecule has 1 heterocycles. The van der Waals surface area contributed by atoms with Crippen molar-refractivity contribution in [3.8, 4) is 0 Å². The van der Waals surface area contributed by atoms with Gasteiger partial charge in [-0.1, -0.05) is 20.3 Å². The number of sulfone groups is 1. The molecule has 0 aromatic carbocycles. The van der Waals surface area contributed by atoms with Gasteiger partial charge in [0.05, 0.1) is 11.5 Å². The number of hydrogen-bond donors (Lipinski definition) is 1. The van der Waals surface area contributed by atoms with Crippen molar-refractivity contribution in [1.29, 1.82) is 0 Å². The van der Waals surface area contributed by atoms with Crippen LogP contribution in [0.3, 0.4) is 0 Å². The third kappa shape index (κ3) is 3.58. The van der Waals surface area contributed by atoms with E-state index in [1.165, 1.54) is 0 Å². The molecule has 0 radical (unpaired) electrons. The maximum atomic E-state index is 11.2. The van der Waals surface area contributed by atoms with Gasteiger partial charge < -0.3 is 5.32 Å². The fourth-order valence-electron chi connectivity index (χ4n) is 2.01. The van der Waals surface area contributed by atoms with Gasteiger partial charge in [-0.25, -0.2) is 8.42 Å². The maximum Gasteiger partial charge on any atom is 0.151 e. The first-order chi connectivity index (χ1) is 6.57. The van der Waals surface area contributed by atoms with E-state index in [1.807, 2.05) is 0 Å². The molecule has 0 amide bonds. The Kier molecular flexibility index (Phi) is 4.38. The molecule has 0 saturated carbocycles. The van der Waals surface area contributed by atoms with Gasteiger partial charge in [-0.2, -0.15) is 0 Å². The minimum Gasteiger partial charge on any atom is -0.310 e. The highest BCUT2D eigenvalue weighted by molar-refractivity contribution is 7.91. The molecule has 1 N–H and O–H groups in total. The zero-order chi connectivity index (χ0) is 10.6. The van der Waals surface area contributed by atoms with E-state index in [1.54, 1.807) is 0 Å². The fourth-order valence-corrected chi connectivity index (χ4v) is 3.70. The van der Waals surface area contributed by atoms with Gasteiger partial charge >= 0.3 is 0 Å². The third-order valence-corrected chi connectivity index (χ3v) is 4.60. The summed E-state index contributed by atoms with van der Waals surface area (Å²) in [6, 6.07) is 0.704. The molecule has 84 valence electrons. The monoisotopic (exact) mass is 219 g/mol. The van der Waals surface area contributed by atoms with Crippen LogP contribution in [0.2, 0.25) is 0 Å². The minimum absolute atomic E-state index is 0.205. The highest BCUT2D eigenvalue weighted by Gasteiger charge is 2.28. The predicted molar refractivity (Wildman–Crippen MR) is 59.2 cm³/mol. The van der Waals surface area contributed by atoms with Gasteiger partial charge in [-0.05, 0) is 19.3 Å². The lowest BCUT2D eigenvalue weighted by Crippen LogP contribution is -2.38. The fraction of sp³-hybridized carbons (Fsp3) is 1.00. The summed E-state index contributed by atoms with van der Waals surface area (Å²) in [6.07, 6.45) is 4.19. The quantitative estimate of drug-likeness (QED) is 0.759. The standard InChI is InChI=1S/C10H21NO2S/c1-3-5-9(4-2)11-10-6-7-14(12,13)8-10/h9-11H,3-8H2,1-2H3. The molecule has 0 aromatic heterocycles. The predicted octanol–water partition coefficient (Wildman–Crippen LogP) is 1.34. The van der Waals surface area contributed by atoms with E-state index in [4.69, 9.17) is 0 Å². The molecule has 0 spiro atoms. The molecule has 0 aliphatic carbocycles. The summed E-state index contributed by atoms with van der Waals surface area (Å²) in [6.45, 7) is 4.31. The molecular weight excluding hydrogens is 198 g/mol. The van der Waals surface area contributed by atoms with E-state index in [-0.39, 0.29) is 6.04 Å². The van der Waals surface area contributed by atoms with Crippen molar-refractivity contribution in [1.82, 2.24) is 5.32 Å². The molecule has 1 fully saturated rings. The van der Waals surface area contributed by atoms with Gasteiger partial charge in [-0.3, -0.25) is 0 Å². The Morgan fingerprint density at radius 3 is 2.57 bits per heavy atom. The van der Waals surface area contributed by atoms with Crippen molar-refractivity contribution in [2.75, 3.05) is 11.5 Å². The van der Waals surface area contributed by atoms with Gasteiger partial charge in [0, 0.05) is 12.1 Å². The SMILES string of the molecule is CCCC(CC)NC1CCS(=O)(=O)C1. The Hall–Kier alpha value is -0.0900. The second kappa shape index (κ2) is 5.12. The van der Waals surface area contributed by atoms with E-state index < -0.39 is 9.84 Å². The molecule has 3 nitrogen and oxygen atoms in total. The lowest BCUT2D eigenvalue weighted by molar-refractivity contribution is 0.413. The van der Waals surface area contributed by atoms with Crippen LogP contribution in [-0.4, -0.2) is 32.0 Å². The molecule has 0 aromatic rings. The zero-order valence-electron chi connectivity index (χ0n) is 9.12. The third-order valence-electron chi connectivity index (χ3n) is 2.83. The topological polar surface area (TPSA) is 46.2 Å². The largest absolute Gasteiger partial charge is 0.310 e. The Morgan fingerprint density at radius 2 is 2.14 bits per heavy atom. The van der Waals surface area contributed by atoms with Crippen LogP contribution < -0.4 is 5.32 Å². The molecule has 1 aliphatic rings. The first-order valence-corrected chi connectivity index (χ1v) is 7.36. The van der Waals surface area contributed by atoms with Crippen LogP contribution in [0.1, 0.15) is 39.5 Å². The van der Waals surface area contributed by atoms with Gasteiger partial charge in [0.15, 0.2) is 9.84 Å². The van der Waals surface area contributed by atoms with Gasteiger partial charge in [0.25, 0.3) is 0 Å². The number of nitrogens with one attached hydrogen (secondary N) is 1. The normalized spacial score (nSPS) is 27.7. The second-order valence-corrected chi connectivity index (χ2v) is 6.39. The molecule has 14 heavy (non-hydrogen) atoms. The summed E-state index contributed by atoms with van der Waals surface area (Å²) in [7, 11) is -2.73. The Balaban J connectivity index is 2.37. The van der Waals surface area contributed by atoms with Crippen molar-refractivity contribution in [2.45, 2.75) is 51.6 Å². The van der Waals surface area contributed by atoms with E-state index >= 15 is 0 Å². The van der Waals surface area contributed by atoms with Crippen LogP contribution in [0.25, 0.3) is 0 Å². The summed E-state index contributed by atoms with van der Waals surface area (Å²) in [5.41, 5.74) is 0. The summed E-state index contributed by atoms with van der Waals surface area (Å²) in [4.78, 5) is 0. The van der Waals surface area contributed by atoms with Crippen molar-refractivity contribution in [2.24, 2.45) is 0 Å². The average molecular weight is 219 g/mol. The summed E-state index contributed by atoms with van der Waals surface area (Å²) in [5, 5.41) is 3.44. The highest BCUT2D eigenvalue weighted by Crippen LogP contribution is 2.13. The first kappa shape index (κ1) is 12.0. The molecule has 0 bridgehead atoms. The first-order valence-electron chi connectivity index (χ1n) is 5.54. The summed E-state index contributed by atoms with van der Waals surface area (Å²) >= 11 is 0. The average Bonchev–Trinajstić information content (AvgIpc) is 2.45. The lowest BCUT2D eigenvalue weighted by Gasteiger charge is -2.20. The molecule has 1 saturated heterocycles. The van der Waals surface area contributed by atoms with Gasteiger partial charge in [0.1, 0.15) is 0 Å². The van der Waals surface area contributed by atoms with Crippen LogP contribution in [0.5, 0.6) is 0 Å². The van der Waals surface area contributed by atoms with Crippen LogP contribution >= 0.6 is 0 Å². The Morgan fingerprint density at radius 1 is 1.43 bits per heavy atom. The van der Waals surface area contributed by atoms with E-state index in [0.29, 0.717) is 17.5 Å². The molecule has 2 unspecified atom stereocenters. The van der Waals surface area contributed by atoms with E-state index in [2.05, 4.69) is 19.2 Å². The van der Waals surface area contributed by atoms with Crippen molar-refractivity contribution < 1.29 is 8.42 Å². The van der Waals surface area contributed by atoms with Crippen LogP contribution in [0, 0.1) is 0 Å². The molecule has 1 rings (SSSR count). The van der Waals surface area contributed by atoms with Crippen molar-refractivity contribution in [3.05, 3.63) is 0 Å². The van der Waals surface area contributed by atoms with Gasteiger partial charge in [0.2, 0.25) is 0 Å². The number of rotatable bonds is 5. The lowest BCUT2D eigenvalue weighted by atomic mass is 10.1. The Labute approximate surface area is 87.2 Å². The van der Waals surface area contributed by atoms with Crippen LogP contribution in [0.15, 0.2) is 0 Å². The molecule has 2 atom stereocenters. The van der Waals surface area contributed by atoms with E-state index in [0.717, 1.165) is 25.7 Å². The highest BCUT2D eigenvalue weighted by atomic mass is 32.2.